The van der Waals surface area contributed by atoms with E-state index in [2.05, 4.69) is 26.1 Å². The zero-order valence-electron chi connectivity index (χ0n) is 12.8. The summed E-state index contributed by atoms with van der Waals surface area (Å²) in [5.41, 5.74) is 0. The van der Waals surface area contributed by atoms with Gasteiger partial charge in [0, 0.05) is 6.04 Å². The third-order valence-electron chi connectivity index (χ3n) is 4.95. The summed E-state index contributed by atoms with van der Waals surface area (Å²) >= 11 is 0. The molecule has 0 bridgehead atoms. The number of sulfone groups is 1. The van der Waals surface area contributed by atoms with Gasteiger partial charge in [0.25, 0.3) is 0 Å². The molecule has 2 aliphatic rings. The van der Waals surface area contributed by atoms with Crippen LogP contribution in [0.2, 0.25) is 0 Å². The normalized spacial score (nSPS) is 37.0. The van der Waals surface area contributed by atoms with Crippen LogP contribution in [-0.2, 0) is 14.6 Å². The first-order valence-corrected chi connectivity index (χ1v) is 9.61. The maximum Gasteiger partial charge on any atom is 0.224 e. The molecule has 0 aromatic carbocycles. The van der Waals surface area contributed by atoms with Crippen LogP contribution in [0.3, 0.4) is 0 Å². The van der Waals surface area contributed by atoms with Gasteiger partial charge in [-0.2, -0.15) is 0 Å². The summed E-state index contributed by atoms with van der Waals surface area (Å²) in [6, 6.07) is 0.217. The maximum absolute atomic E-state index is 12.3. The lowest BCUT2D eigenvalue weighted by molar-refractivity contribution is -0.125. The summed E-state index contributed by atoms with van der Waals surface area (Å²) in [6.07, 6.45) is 3.90. The van der Waals surface area contributed by atoms with Gasteiger partial charge in [0.15, 0.2) is 9.84 Å². The molecular weight excluding hydrogens is 274 g/mol. The van der Waals surface area contributed by atoms with Crippen LogP contribution in [0.15, 0.2) is 0 Å². The second-order valence-electron chi connectivity index (χ2n) is 7.04. The summed E-state index contributed by atoms with van der Waals surface area (Å²) in [5.74, 6) is 1.55. The topological polar surface area (TPSA) is 63.2 Å². The highest BCUT2D eigenvalue weighted by Crippen LogP contribution is 2.33. The van der Waals surface area contributed by atoms with Crippen LogP contribution in [0.5, 0.6) is 0 Å². The zero-order valence-corrected chi connectivity index (χ0v) is 13.6. The van der Waals surface area contributed by atoms with Crippen molar-refractivity contribution in [3.63, 3.8) is 0 Å². The van der Waals surface area contributed by atoms with Crippen LogP contribution >= 0.6 is 0 Å². The highest BCUT2D eigenvalue weighted by atomic mass is 32.2. The van der Waals surface area contributed by atoms with E-state index in [-0.39, 0.29) is 29.4 Å². The Morgan fingerprint density at radius 2 is 1.90 bits per heavy atom. The van der Waals surface area contributed by atoms with Crippen molar-refractivity contribution in [1.82, 2.24) is 5.32 Å². The molecule has 1 heterocycles. The molecule has 1 aliphatic carbocycles. The van der Waals surface area contributed by atoms with E-state index in [9.17, 15) is 13.2 Å². The minimum Gasteiger partial charge on any atom is -0.353 e. The number of nitrogens with one attached hydrogen (secondary N) is 1. The van der Waals surface area contributed by atoms with E-state index < -0.39 is 9.84 Å². The molecule has 0 aromatic heterocycles. The predicted molar refractivity (Wildman–Crippen MR) is 80.0 cm³/mol. The van der Waals surface area contributed by atoms with Crippen LogP contribution < -0.4 is 5.32 Å². The number of carbonyl (C=O) groups is 1. The average Bonchev–Trinajstić information content (AvgIpc) is 2.69. The van der Waals surface area contributed by atoms with Crippen LogP contribution in [0, 0.1) is 23.7 Å². The third-order valence-corrected chi connectivity index (χ3v) is 6.72. The fourth-order valence-electron chi connectivity index (χ4n) is 3.67. The Morgan fingerprint density at radius 1 is 1.20 bits per heavy atom. The van der Waals surface area contributed by atoms with Gasteiger partial charge >= 0.3 is 0 Å². The minimum atomic E-state index is -2.98. The van der Waals surface area contributed by atoms with E-state index in [1.807, 2.05) is 0 Å². The Balaban J connectivity index is 1.98. The minimum absolute atomic E-state index is 0.0352. The molecule has 116 valence electrons. The first-order valence-electron chi connectivity index (χ1n) is 7.79. The van der Waals surface area contributed by atoms with E-state index in [1.54, 1.807) is 0 Å². The smallest absolute Gasteiger partial charge is 0.224 e. The van der Waals surface area contributed by atoms with Crippen LogP contribution in [0.1, 0.15) is 46.5 Å². The van der Waals surface area contributed by atoms with Gasteiger partial charge in [0.2, 0.25) is 5.91 Å². The largest absolute Gasteiger partial charge is 0.353 e. The van der Waals surface area contributed by atoms with Crippen LogP contribution in [0.4, 0.5) is 0 Å². The molecule has 0 aromatic rings. The highest BCUT2D eigenvalue weighted by molar-refractivity contribution is 7.91. The fourth-order valence-corrected chi connectivity index (χ4v) is 5.41. The molecule has 4 atom stereocenters. The van der Waals surface area contributed by atoms with E-state index in [0.29, 0.717) is 24.2 Å². The fraction of sp³-hybridized carbons (Fsp3) is 0.933. The quantitative estimate of drug-likeness (QED) is 0.867. The average molecular weight is 301 g/mol. The standard InChI is InChI=1S/C15H27NO3S/c1-10(2)13-5-4-11(3)8-14(13)16-15(17)12-6-7-20(18,19)9-12/h10-14H,4-9H2,1-3H3,(H,16,17)/t11-,12-,13-,14+/m1/s1. The van der Waals surface area contributed by atoms with Gasteiger partial charge in [-0.15, -0.1) is 0 Å². The van der Waals surface area contributed by atoms with Gasteiger partial charge in [-0.05, 0) is 37.0 Å². The maximum atomic E-state index is 12.3. The van der Waals surface area contributed by atoms with Crippen molar-refractivity contribution in [3.05, 3.63) is 0 Å². The van der Waals surface area contributed by atoms with Gasteiger partial charge in [-0.3, -0.25) is 4.79 Å². The first-order chi connectivity index (χ1) is 9.28. The lowest BCUT2D eigenvalue weighted by atomic mass is 9.74. The lowest BCUT2D eigenvalue weighted by Crippen LogP contribution is -2.47. The first kappa shape index (κ1) is 15.8. The molecular formula is C15H27NO3S. The molecule has 1 aliphatic heterocycles. The summed E-state index contributed by atoms with van der Waals surface area (Å²) in [7, 11) is -2.98. The molecule has 4 nitrogen and oxygen atoms in total. The molecule has 1 N–H and O–H groups in total. The molecule has 5 heteroatoms. The SMILES string of the molecule is CC(C)[C@H]1CC[C@@H](C)C[C@@H]1NC(=O)[C@@H]1CCS(=O)(=O)C1. The van der Waals surface area contributed by atoms with E-state index in [0.717, 1.165) is 12.8 Å². The van der Waals surface area contributed by atoms with Crippen molar-refractivity contribution in [2.45, 2.75) is 52.5 Å². The highest BCUT2D eigenvalue weighted by Gasteiger charge is 2.36. The molecule has 1 saturated heterocycles. The summed E-state index contributed by atoms with van der Waals surface area (Å²) in [6.45, 7) is 6.65. The van der Waals surface area contributed by atoms with E-state index in [1.165, 1.54) is 6.42 Å². The van der Waals surface area contributed by atoms with Crippen molar-refractivity contribution in [2.24, 2.45) is 23.7 Å². The van der Waals surface area contributed by atoms with Crippen molar-refractivity contribution >= 4 is 15.7 Å². The second-order valence-corrected chi connectivity index (χ2v) is 9.27. The molecule has 2 fully saturated rings. The molecule has 0 spiro atoms. The molecule has 0 unspecified atom stereocenters. The number of amides is 1. The lowest BCUT2D eigenvalue weighted by Gasteiger charge is -2.38. The Hall–Kier alpha value is -0.580. The van der Waals surface area contributed by atoms with Crippen molar-refractivity contribution in [2.75, 3.05) is 11.5 Å². The van der Waals surface area contributed by atoms with Gasteiger partial charge < -0.3 is 5.32 Å². The number of carbonyl (C=O) groups excluding carboxylic acids is 1. The molecule has 20 heavy (non-hydrogen) atoms. The number of hydrogen-bond acceptors (Lipinski definition) is 3. The van der Waals surface area contributed by atoms with Crippen molar-refractivity contribution < 1.29 is 13.2 Å². The molecule has 2 rings (SSSR count). The van der Waals surface area contributed by atoms with Gasteiger partial charge in [0.1, 0.15) is 0 Å². The zero-order chi connectivity index (χ0) is 14.9. The Morgan fingerprint density at radius 3 is 2.45 bits per heavy atom. The van der Waals surface area contributed by atoms with Gasteiger partial charge in [-0.25, -0.2) is 8.42 Å². The predicted octanol–water partition coefficient (Wildman–Crippen LogP) is 2.00. The van der Waals surface area contributed by atoms with Gasteiger partial charge in [0.05, 0.1) is 17.4 Å². The molecule has 1 saturated carbocycles. The van der Waals surface area contributed by atoms with Gasteiger partial charge in [-0.1, -0.05) is 27.2 Å². The van der Waals surface area contributed by atoms with E-state index in [4.69, 9.17) is 0 Å². The Kier molecular flexibility index (Phi) is 4.77. The van der Waals surface area contributed by atoms with Crippen molar-refractivity contribution in [1.29, 1.82) is 0 Å². The second kappa shape index (κ2) is 6.04. The summed E-state index contributed by atoms with van der Waals surface area (Å²) in [4.78, 5) is 12.3. The third kappa shape index (κ3) is 3.74. The number of rotatable bonds is 3. The molecule has 1 amide bonds. The van der Waals surface area contributed by atoms with Crippen LogP contribution in [-0.4, -0.2) is 31.9 Å². The Labute approximate surface area is 122 Å². The van der Waals surface area contributed by atoms with Crippen molar-refractivity contribution in [3.8, 4) is 0 Å². The monoisotopic (exact) mass is 301 g/mol. The van der Waals surface area contributed by atoms with E-state index >= 15 is 0 Å². The summed E-state index contributed by atoms with van der Waals surface area (Å²) < 4.78 is 23.0. The summed E-state index contributed by atoms with van der Waals surface area (Å²) in [5, 5.41) is 3.16. The molecule has 0 radical (unpaired) electrons. The number of hydrogen-bond donors (Lipinski definition) is 1. The van der Waals surface area contributed by atoms with Crippen LogP contribution in [0.25, 0.3) is 0 Å². The Bertz CT molecular complexity index is 458.